The molecule has 3 aromatic carbocycles. The summed E-state index contributed by atoms with van der Waals surface area (Å²) < 4.78 is 1.38. The van der Waals surface area contributed by atoms with Gasteiger partial charge in [-0.15, -0.1) is 51.8 Å². The number of benzene rings is 3. The van der Waals surface area contributed by atoms with Crippen LogP contribution in [0.25, 0.3) is 53.5 Å². The number of thiophene rings is 2. The Morgan fingerprint density at radius 3 is 2.12 bits per heavy atom. The molecule has 1 N–H and O–H groups in total. The standard InChI is InChI=1S/C35H34NS2.C15H28O2.Ir/c1-20(2)14-31-22(4)26-13-12-24(17-32(26)38-31)28-18-30(36-34-33(28)21(3)19-37-34)25-15-23-10-8-9-11-27(23)29(16-25)35(5,6)7;1-7-14(5,8-2)12(16)11-13(17)15(6,9-3)10-4;/h8-13,16-20H,14H2,1-7H3;11,16H,7-10H2,1-6H3;/q-1;;/b;12-11-;. The Kier molecular flexibility index (Phi) is 14.8. The molecule has 0 aliphatic heterocycles. The van der Waals surface area contributed by atoms with Gasteiger partial charge in [0.15, 0.2) is 5.78 Å². The summed E-state index contributed by atoms with van der Waals surface area (Å²) in [6.07, 6.45) is 5.89. The Bertz CT molecular complexity index is 2340. The van der Waals surface area contributed by atoms with E-state index in [0.717, 1.165) is 53.6 Å². The minimum absolute atomic E-state index is 0. The van der Waals surface area contributed by atoms with Gasteiger partial charge in [0.1, 0.15) is 10.6 Å². The molecule has 0 amide bonds. The second-order valence-corrected chi connectivity index (χ2v) is 19.4. The summed E-state index contributed by atoms with van der Waals surface area (Å²) in [4.78, 5) is 20.0. The van der Waals surface area contributed by atoms with E-state index in [0.29, 0.717) is 5.92 Å². The van der Waals surface area contributed by atoms with E-state index in [1.807, 2.05) is 52.9 Å². The number of pyridine rings is 1. The Balaban J connectivity index is 0.000000330. The molecule has 0 atom stereocenters. The van der Waals surface area contributed by atoms with Crippen molar-refractivity contribution in [1.29, 1.82) is 0 Å². The molecule has 0 spiro atoms. The largest absolute Gasteiger partial charge is 0.512 e. The van der Waals surface area contributed by atoms with E-state index in [4.69, 9.17) is 4.98 Å². The molecule has 6 rings (SSSR count). The van der Waals surface area contributed by atoms with Gasteiger partial charge in [0.05, 0.1) is 0 Å². The zero-order valence-electron chi connectivity index (χ0n) is 35.9. The van der Waals surface area contributed by atoms with Crippen molar-refractivity contribution in [3.63, 3.8) is 0 Å². The number of aliphatic hydroxyl groups excluding tert-OH is 1. The molecule has 0 bridgehead atoms. The minimum Gasteiger partial charge on any atom is -0.512 e. The molecule has 6 aromatic rings. The number of allylic oxidation sites excluding steroid dienone is 2. The maximum absolute atomic E-state index is 12.2. The van der Waals surface area contributed by atoms with Crippen LogP contribution in [-0.2, 0) is 36.7 Å². The maximum Gasteiger partial charge on any atom is 0.164 e. The van der Waals surface area contributed by atoms with Crippen LogP contribution >= 0.6 is 22.7 Å². The van der Waals surface area contributed by atoms with Gasteiger partial charge in [-0.25, -0.2) is 0 Å². The van der Waals surface area contributed by atoms with Crippen molar-refractivity contribution in [3.05, 3.63) is 99.4 Å². The quantitative estimate of drug-likeness (QED) is 0.0800. The molecule has 0 unspecified atom stereocenters. The summed E-state index contributed by atoms with van der Waals surface area (Å²) in [5, 5.41) is 17.4. The van der Waals surface area contributed by atoms with Gasteiger partial charge >= 0.3 is 0 Å². The van der Waals surface area contributed by atoms with E-state index in [9.17, 15) is 9.90 Å². The van der Waals surface area contributed by atoms with E-state index >= 15 is 0 Å². The molecule has 0 fully saturated rings. The third-order valence-electron chi connectivity index (χ3n) is 12.1. The Morgan fingerprint density at radius 1 is 0.875 bits per heavy atom. The van der Waals surface area contributed by atoms with Gasteiger partial charge < -0.3 is 5.11 Å². The number of ketones is 1. The molecule has 6 heteroatoms. The maximum atomic E-state index is 12.2. The van der Waals surface area contributed by atoms with Crippen molar-refractivity contribution < 1.29 is 30.0 Å². The van der Waals surface area contributed by atoms with Gasteiger partial charge in [-0.1, -0.05) is 124 Å². The molecular formula is C50H62IrNO2S2-. The second kappa shape index (κ2) is 18.2. The number of aliphatic hydroxyl groups is 1. The zero-order chi connectivity index (χ0) is 40.5. The monoisotopic (exact) mass is 965 g/mol. The van der Waals surface area contributed by atoms with Gasteiger partial charge in [-0.2, -0.15) is 0 Å². The predicted octanol–water partition coefficient (Wildman–Crippen LogP) is 15.6. The van der Waals surface area contributed by atoms with Gasteiger partial charge in [0.2, 0.25) is 0 Å². The number of carbonyl (C=O) groups is 1. The van der Waals surface area contributed by atoms with Crippen LogP contribution in [0.5, 0.6) is 0 Å². The molecule has 1 radical (unpaired) electrons. The molecule has 0 aliphatic carbocycles. The zero-order valence-corrected chi connectivity index (χ0v) is 39.9. The van der Waals surface area contributed by atoms with E-state index in [1.54, 1.807) is 11.3 Å². The van der Waals surface area contributed by atoms with Crippen LogP contribution in [0.15, 0.2) is 71.8 Å². The Hall–Kier alpha value is -3.15. The molecule has 0 saturated carbocycles. The van der Waals surface area contributed by atoms with Gasteiger partial charge in [-0.3, -0.25) is 9.78 Å². The summed E-state index contributed by atoms with van der Waals surface area (Å²) in [6.45, 7) is 28.0. The first-order valence-electron chi connectivity index (χ1n) is 20.2. The first kappa shape index (κ1) is 45.6. The number of fused-ring (bicyclic) bond motifs is 3. The summed E-state index contributed by atoms with van der Waals surface area (Å²) >= 11 is 3.70. The van der Waals surface area contributed by atoms with Gasteiger partial charge in [-0.05, 0) is 96.4 Å². The number of hydrogen-bond acceptors (Lipinski definition) is 5. The van der Waals surface area contributed by atoms with Gasteiger partial charge in [0, 0.05) is 57.7 Å². The first-order chi connectivity index (χ1) is 25.9. The first-order valence-corrected chi connectivity index (χ1v) is 21.9. The van der Waals surface area contributed by atoms with Crippen molar-refractivity contribution in [2.45, 2.75) is 128 Å². The molecule has 3 nitrogen and oxygen atoms in total. The molecule has 0 saturated heterocycles. The molecule has 301 valence electrons. The average Bonchev–Trinajstić information content (AvgIpc) is 3.70. The number of hydrogen-bond donors (Lipinski definition) is 1. The number of aromatic nitrogens is 1. The van der Waals surface area contributed by atoms with Crippen LogP contribution < -0.4 is 0 Å². The fourth-order valence-electron chi connectivity index (χ4n) is 7.24. The number of carbonyl (C=O) groups excluding carboxylic acids is 1. The topological polar surface area (TPSA) is 50.2 Å². The molecular weight excluding hydrogens is 903 g/mol. The van der Waals surface area contributed by atoms with Crippen molar-refractivity contribution in [2.75, 3.05) is 0 Å². The number of rotatable bonds is 11. The number of aryl methyl sites for hydroxylation is 2. The number of nitrogens with zero attached hydrogens (tertiary/aromatic N) is 1. The van der Waals surface area contributed by atoms with Crippen LogP contribution in [0, 0.1) is 36.7 Å². The fourth-order valence-corrected chi connectivity index (χ4v) is 9.65. The molecule has 3 aromatic heterocycles. The van der Waals surface area contributed by atoms with Crippen LogP contribution in [-0.4, -0.2) is 15.9 Å². The van der Waals surface area contributed by atoms with Crippen LogP contribution in [0.2, 0.25) is 0 Å². The minimum atomic E-state index is -0.337. The van der Waals surface area contributed by atoms with Crippen LogP contribution in [0.3, 0.4) is 0 Å². The summed E-state index contributed by atoms with van der Waals surface area (Å²) in [6, 6.07) is 24.0. The van der Waals surface area contributed by atoms with E-state index < -0.39 is 0 Å². The summed E-state index contributed by atoms with van der Waals surface area (Å²) in [5.74, 6) is 0.946. The van der Waals surface area contributed by atoms with E-state index in [-0.39, 0.29) is 47.9 Å². The normalized spacial score (nSPS) is 12.6. The third-order valence-corrected chi connectivity index (χ3v) is 14.4. The second-order valence-electron chi connectivity index (χ2n) is 17.4. The molecule has 56 heavy (non-hydrogen) atoms. The van der Waals surface area contributed by atoms with Crippen LogP contribution in [0.1, 0.15) is 123 Å². The molecule has 0 aliphatic rings. The van der Waals surface area contributed by atoms with Crippen LogP contribution in [0.4, 0.5) is 0 Å². The van der Waals surface area contributed by atoms with Crippen molar-refractivity contribution >= 4 is 59.5 Å². The van der Waals surface area contributed by atoms with Gasteiger partial charge in [0.25, 0.3) is 0 Å². The summed E-state index contributed by atoms with van der Waals surface area (Å²) in [7, 11) is 0. The smallest absolute Gasteiger partial charge is 0.164 e. The van der Waals surface area contributed by atoms with Crippen molar-refractivity contribution in [1.82, 2.24) is 4.98 Å². The third kappa shape index (κ3) is 9.41. The SMILES string of the molecule is CCC(C)(CC)C(=O)/C=C(\O)C(C)(CC)CC.Cc1c(CC(C)C)sc2cc(-c3cc(-c4[c-]c5ccccc5c(C(C)(C)C)c4)nc4scc(C)c34)ccc12.[Ir]. The summed E-state index contributed by atoms with van der Waals surface area (Å²) in [5.41, 5.74) is 8.07. The molecule has 3 heterocycles. The fraction of sp³-hybridized carbons (Fsp3) is 0.440. The Labute approximate surface area is 358 Å². The van der Waals surface area contributed by atoms with Crippen molar-refractivity contribution in [3.8, 4) is 22.4 Å². The average molecular weight is 965 g/mol. The van der Waals surface area contributed by atoms with E-state index in [1.165, 1.54) is 59.6 Å². The predicted molar refractivity (Wildman–Crippen MR) is 242 cm³/mol. The Morgan fingerprint density at radius 2 is 1.52 bits per heavy atom. The van der Waals surface area contributed by atoms with Crippen molar-refractivity contribution in [2.24, 2.45) is 16.7 Å². The van der Waals surface area contributed by atoms with E-state index in [2.05, 4.69) is 115 Å².